The van der Waals surface area contributed by atoms with E-state index in [2.05, 4.69) is 12.6 Å². The maximum Gasteiger partial charge on any atom is 0.253 e. The first-order valence-corrected chi connectivity index (χ1v) is 3.52. The van der Waals surface area contributed by atoms with E-state index in [0.717, 1.165) is 0 Å². The van der Waals surface area contributed by atoms with Crippen LogP contribution in [0.3, 0.4) is 0 Å². The van der Waals surface area contributed by atoms with Gasteiger partial charge >= 0.3 is 0 Å². The van der Waals surface area contributed by atoms with Crippen LogP contribution in [0.15, 0.2) is 29.2 Å². The SMILES string of the molecule is O=C(Cl)c1ccccc1S.[Na]. The van der Waals surface area contributed by atoms with Crippen LogP contribution in [0.2, 0.25) is 0 Å². The average Bonchev–Trinajstić information content (AvgIpc) is 1.88. The van der Waals surface area contributed by atoms with Gasteiger partial charge in [-0.25, -0.2) is 0 Å². The van der Waals surface area contributed by atoms with Crippen molar-refractivity contribution in [1.29, 1.82) is 0 Å². The average molecular weight is 196 g/mol. The minimum absolute atomic E-state index is 0. The van der Waals surface area contributed by atoms with E-state index < -0.39 is 5.24 Å². The molecule has 0 N–H and O–H groups in total. The number of carbonyl (C=O) groups is 1. The molecule has 0 heterocycles. The second-order valence-corrected chi connectivity index (χ2v) is 2.62. The van der Waals surface area contributed by atoms with Gasteiger partial charge in [-0.05, 0) is 23.7 Å². The normalized spacial score (nSPS) is 8.55. The molecule has 0 unspecified atom stereocenters. The first kappa shape index (κ1) is 11.5. The maximum atomic E-state index is 10.6. The summed E-state index contributed by atoms with van der Waals surface area (Å²) < 4.78 is 0. The molecule has 1 rings (SSSR count). The van der Waals surface area contributed by atoms with Crippen molar-refractivity contribution in [1.82, 2.24) is 0 Å². The molecule has 11 heavy (non-hydrogen) atoms. The molecule has 4 heteroatoms. The fourth-order valence-corrected chi connectivity index (χ4v) is 1.13. The van der Waals surface area contributed by atoms with Crippen molar-refractivity contribution in [3.8, 4) is 0 Å². The number of halogens is 1. The number of benzene rings is 1. The zero-order valence-electron chi connectivity index (χ0n) is 6.04. The minimum atomic E-state index is -0.467. The molecule has 1 nitrogen and oxygen atoms in total. The third-order valence-corrected chi connectivity index (χ3v) is 1.71. The van der Waals surface area contributed by atoms with Gasteiger partial charge in [0.15, 0.2) is 0 Å². The Morgan fingerprint density at radius 2 is 1.91 bits per heavy atom. The molecule has 1 radical (unpaired) electrons. The van der Waals surface area contributed by atoms with E-state index in [1.807, 2.05) is 0 Å². The summed E-state index contributed by atoms with van der Waals surface area (Å²) in [6.45, 7) is 0. The molecule has 0 aliphatic rings. The molecule has 0 atom stereocenters. The fourth-order valence-electron chi connectivity index (χ4n) is 0.640. The Hall–Kier alpha value is 0.530. The van der Waals surface area contributed by atoms with Crippen molar-refractivity contribution in [3.63, 3.8) is 0 Å². The Labute approximate surface area is 97.8 Å². The van der Waals surface area contributed by atoms with E-state index in [1.165, 1.54) is 0 Å². The van der Waals surface area contributed by atoms with Gasteiger partial charge in [-0.1, -0.05) is 12.1 Å². The van der Waals surface area contributed by atoms with Crippen molar-refractivity contribution >= 4 is 59.0 Å². The van der Waals surface area contributed by atoms with E-state index in [0.29, 0.717) is 10.5 Å². The van der Waals surface area contributed by atoms with Gasteiger partial charge in [-0.15, -0.1) is 12.6 Å². The smallest absolute Gasteiger partial charge is 0.253 e. The molecular formula is C7H5ClNaOS. The fraction of sp³-hybridized carbons (Fsp3) is 0. The van der Waals surface area contributed by atoms with E-state index in [9.17, 15) is 4.79 Å². The van der Waals surface area contributed by atoms with Gasteiger partial charge in [-0.3, -0.25) is 4.79 Å². The first-order valence-electron chi connectivity index (χ1n) is 2.69. The Morgan fingerprint density at radius 1 is 1.36 bits per heavy atom. The second kappa shape index (κ2) is 5.22. The van der Waals surface area contributed by atoms with Crippen molar-refractivity contribution in [2.75, 3.05) is 0 Å². The predicted molar refractivity (Wildman–Crippen MR) is 49.6 cm³/mol. The summed E-state index contributed by atoms with van der Waals surface area (Å²) in [7, 11) is 0. The van der Waals surface area contributed by atoms with Crippen molar-refractivity contribution in [2.45, 2.75) is 4.90 Å². The summed E-state index contributed by atoms with van der Waals surface area (Å²) in [6, 6.07) is 6.90. The summed E-state index contributed by atoms with van der Waals surface area (Å²) in [6.07, 6.45) is 0. The number of hydrogen-bond donors (Lipinski definition) is 1. The molecule has 1 aromatic rings. The Bertz CT molecular complexity index is 264. The van der Waals surface area contributed by atoms with Gasteiger partial charge in [0.25, 0.3) is 5.24 Å². The molecule has 0 amide bonds. The standard InChI is InChI=1S/C7H5ClOS.Na/c8-7(9)5-3-1-2-4-6(5)10;/h1-4,10H;. The maximum absolute atomic E-state index is 10.6. The quantitative estimate of drug-likeness (QED) is 0.412. The van der Waals surface area contributed by atoms with Gasteiger partial charge in [-0.2, -0.15) is 0 Å². The molecule has 0 aliphatic heterocycles. The number of thiol groups is 1. The van der Waals surface area contributed by atoms with Crippen LogP contribution in [0.4, 0.5) is 0 Å². The van der Waals surface area contributed by atoms with Gasteiger partial charge in [0, 0.05) is 40.0 Å². The summed E-state index contributed by atoms with van der Waals surface area (Å²) in [4.78, 5) is 11.2. The molecule has 0 saturated carbocycles. The molecule has 0 bridgehead atoms. The van der Waals surface area contributed by atoms with Gasteiger partial charge in [0.2, 0.25) is 0 Å². The largest absolute Gasteiger partial charge is 0.276 e. The van der Waals surface area contributed by atoms with Crippen molar-refractivity contribution in [2.24, 2.45) is 0 Å². The van der Waals surface area contributed by atoms with Crippen LogP contribution >= 0.6 is 24.2 Å². The Balaban J connectivity index is 0.000001000. The zero-order chi connectivity index (χ0) is 7.56. The Morgan fingerprint density at radius 3 is 2.27 bits per heavy atom. The summed E-state index contributed by atoms with van der Waals surface area (Å²) in [5.41, 5.74) is 0.451. The predicted octanol–water partition coefficient (Wildman–Crippen LogP) is 1.97. The van der Waals surface area contributed by atoms with E-state index in [1.54, 1.807) is 24.3 Å². The van der Waals surface area contributed by atoms with Gasteiger partial charge < -0.3 is 0 Å². The zero-order valence-corrected chi connectivity index (χ0v) is 9.69. The van der Waals surface area contributed by atoms with Crippen LogP contribution in [0, 0.1) is 0 Å². The van der Waals surface area contributed by atoms with Crippen LogP contribution < -0.4 is 0 Å². The van der Waals surface area contributed by atoms with E-state index >= 15 is 0 Å². The third-order valence-electron chi connectivity index (χ3n) is 1.12. The number of rotatable bonds is 1. The molecular weight excluding hydrogens is 191 g/mol. The van der Waals surface area contributed by atoms with E-state index in [-0.39, 0.29) is 29.6 Å². The summed E-state index contributed by atoms with van der Waals surface area (Å²) >= 11 is 9.25. The van der Waals surface area contributed by atoms with Crippen LogP contribution in [0.25, 0.3) is 0 Å². The van der Waals surface area contributed by atoms with E-state index in [4.69, 9.17) is 11.6 Å². The topological polar surface area (TPSA) is 17.1 Å². The molecule has 0 fully saturated rings. The van der Waals surface area contributed by atoms with Crippen LogP contribution in [-0.2, 0) is 0 Å². The number of carbonyl (C=O) groups excluding carboxylic acids is 1. The summed E-state index contributed by atoms with van der Waals surface area (Å²) in [5, 5.41) is -0.467. The van der Waals surface area contributed by atoms with Gasteiger partial charge in [0.05, 0.1) is 0 Å². The minimum Gasteiger partial charge on any atom is -0.276 e. The van der Waals surface area contributed by atoms with Crippen LogP contribution in [-0.4, -0.2) is 34.8 Å². The molecule has 53 valence electrons. The van der Waals surface area contributed by atoms with Crippen LogP contribution in [0.5, 0.6) is 0 Å². The van der Waals surface area contributed by atoms with Crippen LogP contribution in [0.1, 0.15) is 10.4 Å². The second-order valence-electron chi connectivity index (χ2n) is 1.79. The van der Waals surface area contributed by atoms with Crippen molar-refractivity contribution in [3.05, 3.63) is 29.8 Å². The first-order chi connectivity index (χ1) is 4.72. The van der Waals surface area contributed by atoms with Gasteiger partial charge in [0.1, 0.15) is 0 Å². The number of hydrogen-bond acceptors (Lipinski definition) is 2. The monoisotopic (exact) mass is 195 g/mol. The third kappa shape index (κ3) is 3.18. The molecule has 0 spiro atoms. The summed E-state index contributed by atoms with van der Waals surface area (Å²) in [5.74, 6) is 0. The molecule has 0 saturated heterocycles. The molecule has 0 aromatic heterocycles. The molecule has 0 aliphatic carbocycles. The molecule has 1 aromatic carbocycles. The Kier molecular flexibility index (Phi) is 5.48. The van der Waals surface area contributed by atoms with Crippen molar-refractivity contribution < 1.29 is 4.79 Å².